The lowest BCUT2D eigenvalue weighted by molar-refractivity contribution is -0.384. The number of nitro groups is 1. The predicted octanol–water partition coefficient (Wildman–Crippen LogP) is 2.59. The van der Waals surface area contributed by atoms with Crippen LogP contribution in [-0.2, 0) is 9.59 Å². The van der Waals surface area contributed by atoms with Gasteiger partial charge in [0.1, 0.15) is 0 Å². The van der Waals surface area contributed by atoms with Crippen molar-refractivity contribution < 1.29 is 14.5 Å². The standard InChI is InChI=1S/C18H23N3O4S/c1-12(26-16-6-4-15(5-7-16)21(24)25)17(22)19-14-8-10-20(11-9-14)18(23)13-2-3-13/h4-7,12-14H,2-3,8-11H2,1H3,(H,19,22). The molecular weight excluding hydrogens is 354 g/mol. The maximum Gasteiger partial charge on any atom is 0.269 e. The molecule has 1 saturated heterocycles. The van der Waals surface area contributed by atoms with E-state index in [1.54, 1.807) is 12.1 Å². The fourth-order valence-corrected chi connectivity index (χ4v) is 3.93. The Kier molecular flexibility index (Phi) is 5.80. The minimum absolute atomic E-state index is 0.0407. The van der Waals surface area contributed by atoms with E-state index in [0.29, 0.717) is 13.1 Å². The zero-order valence-corrected chi connectivity index (χ0v) is 15.5. The molecule has 1 aliphatic heterocycles. The largest absolute Gasteiger partial charge is 0.352 e. The molecule has 0 spiro atoms. The lowest BCUT2D eigenvalue weighted by Crippen LogP contribution is -2.48. The van der Waals surface area contributed by atoms with Gasteiger partial charge in [-0.1, -0.05) is 0 Å². The van der Waals surface area contributed by atoms with Gasteiger partial charge >= 0.3 is 0 Å². The van der Waals surface area contributed by atoms with Crippen molar-refractivity contribution >= 4 is 29.3 Å². The summed E-state index contributed by atoms with van der Waals surface area (Å²) in [7, 11) is 0. The molecule has 3 rings (SSSR count). The third-order valence-electron chi connectivity index (χ3n) is 4.81. The van der Waals surface area contributed by atoms with Crippen molar-refractivity contribution in [1.29, 1.82) is 0 Å². The van der Waals surface area contributed by atoms with Crippen molar-refractivity contribution in [3.8, 4) is 0 Å². The van der Waals surface area contributed by atoms with Crippen molar-refractivity contribution in [2.24, 2.45) is 5.92 Å². The first-order valence-electron chi connectivity index (χ1n) is 8.94. The van der Waals surface area contributed by atoms with Gasteiger partial charge in [-0.25, -0.2) is 0 Å². The summed E-state index contributed by atoms with van der Waals surface area (Å²) in [4.78, 5) is 37.5. The van der Waals surface area contributed by atoms with Gasteiger partial charge in [-0.3, -0.25) is 19.7 Å². The Balaban J connectivity index is 1.44. The molecule has 26 heavy (non-hydrogen) atoms. The van der Waals surface area contributed by atoms with Crippen LogP contribution in [0.1, 0.15) is 32.6 Å². The van der Waals surface area contributed by atoms with Crippen LogP contribution in [0.25, 0.3) is 0 Å². The molecule has 2 fully saturated rings. The van der Waals surface area contributed by atoms with Gasteiger partial charge in [-0.2, -0.15) is 0 Å². The van der Waals surface area contributed by atoms with E-state index in [1.807, 2.05) is 11.8 Å². The normalized spacial score (nSPS) is 19.0. The molecular formula is C18H23N3O4S. The first-order chi connectivity index (χ1) is 12.4. The van der Waals surface area contributed by atoms with Crippen LogP contribution in [0.15, 0.2) is 29.2 Å². The number of thioether (sulfide) groups is 1. The maximum atomic E-state index is 12.4. The van der Waals surface area contributed by atoms with Gasteiger partial charge in [-0.05, 0) is 44.7 Å². The molecule has 0 bridgehead atoms. The van der Waals surface area contributed by atoms with Gasteiger partial charge < -0.3 is 10.2 Å². The Morgan fingerprint density at radius 1 is 1.19 bits per heavy atom. The summed E-state index contributed by atoms with van der Waals surface area (Å²) in [6.45, 7) is 3.25. The summed E-state index contributed by atoms with van der Waals surface area (Å²) in [5, 5.41) is 13.5. The Hall–Kier alpha value is -2.09. The number of nitro benzene ring substituents is 1. The number of nitrogens with one attached hydrogen (secondary N) is 1. The summed E-state index contributed by atoms with van der Waals surface area (Å²) >= 11 is 1.38. The molecule has 8 heteroatoms. The van der Waals surface area contributed by atoms with E-state index in [0.717, 1.165) is 30.6 Å². The van der Waals surface area contributed by atoms with Gasteiger partial charge in [0.2, 0.25) is 11.8 Å². The quantitative estimate of drug-likeness (QED) is 0.467. The fraction of sp³-hybridized carbons (Fsp3) is 0.556. The summed E-state index contributed by atoms with van der Waals surface area (Å²) in [6.07, 6.45) is 3.62. The molecule has 1 aromatic rings. The molecule has 1 saturated carbocycles. The molecule has 0 aromatic heterocycles. The van der Waals surface area contributed by atoms with Gasteiger partial charge in [0, 0.05) is 42.1 Å². The van der Waals surface area contributed by atoms with Crippen molar-refractivity contribution in [2.45, 2.75) is 48.8 Å². The molecule has 2 amide bonds. The number of non-ortho nitro benzene ring substituents is 1. The van der Waals surface area contributed by atoms with Gasteiger partial charge in [0.05, 0.1) is 10.2 Å². The summed E-state index contributed by atoms with van der Waals surface area (Å²) in [6, 6.07) is 6.31. The first kappa shape index (κ1) is 18.7. The highest BCUT2D eigenvalue weighted by Gasteiger charge is 2.35. The Bertz CT molecular complexity index is 682. The monoisotopic (exact) mass is 377 g/mol. The molecule has 2 aliphatic rings. The predicted molar refractivity (Wildman–Crippen MR) is 98.9 cm³/mol. The zero-order chi connectivity index (χ0) is 18.7. The summed E-state index contributed by atoms with van der Waals surface area (Å²) < 4.78 is 0. The zero-order valence-electron chi connectivity index (χ0n) is 14.7. The average Bonchev–Trinajstić information content (AvgIpc) is 3.47. The van der Waals surface area contributed by atoms with Gasteiger partial charge in [0.15, 0.2) is 0 Å². The highest BCUT2D eigenvalue weighted by molar-refractivity contribution is 8.00. The van der Waals surface area contributed by atoms with E-state index < -0.39 is 4.92 Å². The summed E-state index contributed by atoms with van der Waals surface area (Å²) in [5.41, 5.74) is 0.0407. The number of nitrogens with zero attached hydrogens (tertiary/aromatic N) is 2. The number of carbonyl (C=O) groups excluding carboxylic acids is 2. The van der Waals surface area contributed by atoms with E-state index in [-0.39, 0.29) is 34.7 Å². The van der Waals surface area contributed by atoms with Crippen molar-refractivity contribution in [3.63, 3.8) is 0 Å². The molecule has 0 radical (unpaired) electrons. The van der Waals surface area contributed by atoms with Gasteiger partial charge in [-0.15, -0.1) is 11.8 Å². The number of hydrogen-bond donors (Lipinski definition) is 1. The van der Waals surface area contributed by atoms with E-state index >= 15 is 0 Å². The smallest absolute Gasteiger partial charge is 0.269 e. The SMILES string of the molecule is CC(Sc1ccc([N+](=O)[O-])cc1)C(=O)NC1CCN(C(=O)C2CC2)CC1. The van der Waals surface area contributed by atoms with E-state index in [4.69, 9.17) is 0 Å². The number of piperidine rings is 1. The van der Waals surface area contributed by atoms with Crippen LogP contribution in [0.4, 0.5) is 5.69 Å². The molecule has 1 unspecified atom stereocenters. The van der Waals surface area contributed by atoms with Crippen LogP contribution in [0.5, 0.6) is 0 Å². The minimum Gasteiger partial charge on any atom is -0.352 e. The lowest BCUT2D eigenvalue weighted by atomic mass is 10.0. The minimum atomic E-state index is -0.440. The second kappa shape index (κ2) is 8.07. The Morgan fingerprint density at radius 3 is 2.35 bits per heavy atom. The molecule has 1 atom stereocenters. The number of rotatable bonds is 6. The highest BCUT2D eigenvalue weighted by atomic mass is 32.2. The lowest BCUT2D eigenvalue weighted by Gasteiger charge is -2.33. The Labute approximate surface area is 156 Å². The Morgan fingerprint density at radius 2 is 1.81 bits per heavy atom. The van der Waals surface area contributed by atoms with E-state index in [2.05, 4.69) is 5.32 Å². The topological polar surface area (TPSA) is 92.5 Å². The number of carbonyl (C=O) groups is 2. The molecule has 1 heterocycles. The van der Waals surface area contributed by atoms with Crippen LogP contribution < -0.4 is 5.32 Å². The molecule has 1 N–H and O–H groups in total. The first-order valence-corrected chi connectivity index (χ1v) is 9.82. The van der Waals surface area contributed by atoms with Crippen LogP contribution in [-0.4, -0.2) is 46.0 Å². The van der Waals surface area contributed by atoms with E-state index in [1.165, 1.54) is 23.9 Å². The average molecular weight is 377 g/mol. The van der Waals surface area contributed by atoms with Crippen molar-refractivity contribution in [2.75, 3.05) is 13.1 Å². The number of likely N-dealkylation sites (tertiary alicyclic amines) is 1. The van der Waals surface area contributed by atoms with Gasteiger partial charge in [0.25, 0.3) is 5.69 Å². The summed E-state index contributed by atoms with van der Waals surface area (Å²) in [5.74, 6) is 0.483. The van der Waals surface area contributed by atoms with Crippen LogP contribution in [0, 0.1) is 16.0 Å². The van der Waals surface area contributed by atoms with E-state index in [9.17, 15) is 19.7 Å². The second-order valence-electron chi connectivity index (χ2n) is 6.89. The van der Waals surface area contributed by atoms with Crippen molar-refractivity contribution in [3.05, 3.63) is 34.4 Å². The second-order valence-corrected chi connectivity index (χ2v) is 8.31. The molecule has 7 nitrogen and oxygen atoms in total. The third kappa shape index (κ3) is 4.75. The molecule has 140 valence electrons. The van der Waals surface area contributed by atoms with Crippen LogP contribution >= 0.6 is 11.8 Å². The third-order valence-corrected chi connectivity index (χ3v) is 5.92. The maximum absolute atomic E-state index is 12.4. The molecule has 1 aliphatic carbocycles. The number of hydrogen-bond acceptors (Lipinski definition) is 5. The van der Waals surface area contributed by atoms with Crippen molar-refractivity contribution in [1.82, 2.24) is 10.2 Å². The molecule has 1 aromatic carbocycles. The van der Waals surface area contributed by atoms with Crippen LogP contribution in [0.3, 0.4) is 0 Å². The fourth-order valence-electron chi connectivity index (χ4n) is 3.06. The highest BCUT2D eigenvalue weighted by Crippen LogP contribution is 2.32. The number of benzene rings is 1. The van der Waals surface area contributed by atoms with Crippen LogP contribution in [0.2, 0.25) is 0 Å². The number of amides is 2.